The lowest BCUT2D eigenvalue weighted by atomic mass is 10.4. The van der Waals surface area contributed by atoms with Crippen LogP contribution in [0.1, 0.15) is 10.5 Å². The van der Waals surface area contributed by atoms with Gasteiger partial charge in [-0.3, -0.25) is 4.40 Å². The third kappa shape index (κ3) is 1.59. The fourth-order valence-corrected chi connectivity index (χ4v) is 0.923. The van der Waals surface area contributed by atoms with Crippen LogP contribution < -0.4 is 0 Å². The van der Waals surface area contributed by atoms with Crippen molar-refractivity contribution in [2.75, 3.05) is 0 Å². The van der Waals surface area contributed by atoms with Crippen molar-refractivity contribution in [2.24, 2.45) is 0 Å². The van der Waals surface area contributed by atoms with Gasteiger partial charge in [0.1, 0.15) is 0 Å². The van der Waals surface area contributed by atoms with Gasteiger partial charge in [-0.05, 0) is 6.07 Å². The molecule has 0 radical (unpaired) electrons. The molecule has 5 nitrogen and oxygen atoms in total. The lowest BCUT2D eigenvalue weighted by molar-refractivity contribution is 0.0690. The highest BCUT2D eigenvalue weighted by Crippen LogP contribution is 1.99. The van der Waals surface area contributed by atoms with Crippen LogP contribution in [0, 0.1) is 0 Å². The molecule has 0 atom stereocenters. The maximum absolute atomic E-state index is 10.5. The normalized spacial score (nSPS) is 9.54. The molecule has 0 aliphatic heterocycles. The highest BCUT2D eigenvalue weighted by atomic mass is 35.5. The Morgan fingerprint density at radius 1 is 1.46 bits per heavy atom. The minimum absolute atomic E-state index is 0. The molecule has 2 aromatic heterocycles. The maximum Gasteiger partial charge on any atom is 0.354 e. The summed E-state index contributed by atoms with van der Waals surface area (Å²) in [5, 5.41) is 8.58. The van der Waals surface area contributed by atoms with E-state index in [0.717, 1.165) is 0 Å². The third-order valence-corrected chi connectivity index (χ3v) is 1.48. The summed E-state index contributed by atoms with van der Waals surface area (Å²) in [6.45, 7) is 0. The molecule has 0 spiro atoms. The van der Waals surface area contributed by atoms with Gasteiger partial charge in [-0.1, -0.05) is 0 Å². The fourth-order valence-electron chi connectivity index (χ4n) is 0.923. The second kappa shape index (κ2) is 3.40. The summed E-state index contributed by atoms with van der Waals surface area (Å²) in [5.41, 5.74) is 0.00806. The zero-order valence-corrected chi connectivity index (χ0v) is 7.23. The van der Waals surface area contributed by atoms with Crippen LogP contribution >= 0.6 is 12.4 Å². The summed E-state index contributed by atoms with van der Waals surface area (Å²) in [6.07, 6.45) is 4.88. The third-order valence-electron chi connectivity index (χ3n) is 1.48. The first-order valence-electron chi connectivity index (χ1n) is 3.30. The molecule has 0 aliphatic carbocycles. The zero-order chi connectivity index (χ0) is 8.55. The summed E-state index contributed by atoms with van der Waals surface area (Å²) >= 11 is 0. The molecule has 6 heteroatoms. The van der Waals surface area contributed by atoms with Crippen molar-refractivity contribution in [3.8, 4) is 0 Å². The average Bonchev–Trinajstić information content (AvgIpc) is 2.49. The Hall–Kier alpha value is -1.62. The number of halogens is 1. The molecule has 0 amide bonds. The molecule has 0 unspecified atom stereocenters. The van der Waals surface area contributed by atoms with Crippen molar-refractivity contribution in [2.45, 2.75) is 0 Å². The lowest BCUT2D eigenvalue weighted by Gasteiger charge is -1.93. The molecule has 2 rings (SSSR count). The molecule has 68 valence electrons. The molecule has 13 heavy (non-hydrogen) atoms. The van der Waals surface area contributed by atoms with E-state index in [4.69, 9.17) is 5.11 Å². The quantitative estimate of drug-likeness (QED) is 0.740. The van der Waals surface area contributed by atoms with E-state index in [1.54, 1.807) is 23.0 Å². The number of imidazole rings is 1. The number of fused-ring (bicyclic) bond motifs is 1. The second-order valence-electron chi connectivity index (χ2n) is 2.25. The minimum Gasteiger partial charge on any atom is -0.477 e. The standard InChI is InChI=1S/C7H5N3O2.ClH/c11-6(12)5-1-3-10-4-2-8-7(10)9-5;/h1-4H,(H,11,12);1H. The van der Waals surface area contributed by atoms with Crippen molar-refractivity contribution in [3.05, 3.63) is 30.4 Å². The smallest absolute Gasteiger partial charge is 0.354 e. The summed E-state index contributed by atoms with van der Waals surface area (Å²) in [7, 11) is 0. The van der Waals surface area contributed by atoms with Crippen LogP contribution in [-0.4, -0.2) is 25.4 Å². The SMILES string of the molecule is Cl.O=C(O)c1ccn2ccnc2n1. The van der Waals surface area contributed by atoms with Crippen LogP contribution in [0.4, 0.5) is 0 Å². The van der Waals surface area contributed by atoms with E-state index >= 15 is 0 Å². The summed E-state index contributed by atoms with van der Waals surface area (Å²) < 4.78 is 1.65. The number of rotatable bonds is 1. The highest BCUT2D eigenvalue weighted by Gasteiger charge is 2.04. The molecule has 0 aliphatic rings. The monoisotopic (exact) mass is 199 g/mol. The summed E-state index contributed by atoms with van der Waals surface area (Å²) in [4.78, 5) is 18.1. The Bertz CT molecular complexity index is 440. The number of carboxylic acids is 1. The van der Waals surface area contributed by atoms with Gasteiger partial charge in [-0.25, -0.2) is 14.8 Å². The Kier molecular flexibility index (Phi) is 2.48. The Labute approximate surface area is 79.5 Å². The van der Waals surface area contributed by atoms with Gasteiger partial charge in [-0.15, -0.1) is 12.4 Å². The molecule has 2 heterocycles. The fraction of sp³-hybridized carbons (Fsp3) is 0. The lowest BCUT2D eigenvalue weighted by Crippen LogP contribution is -2.01. The molecular formula is C7H6ClN3O2. The summed E-state index contributed by atoms with van der Waals surface area (Å²) in [5.74, 6) is -0.643. The first kappa shape index (κ1) is 9.47. The number of carbonyl (C=O) groups is 1. The van der Waals surface area contributed by atoms with Crippen LogP contribution in [0.25, 0.3) is 5.78 Å². The van der Waals surface area contributed by atoms with Crippen LogP contribution in [0.2, 0.25) is 0 Å². The van der Waals surface area contributed by atoms with Crippen molar-refractivity contribution in [3.63, 3.8) is 0 Å². The topological polar surface area (TPSA) is 67.5 Å². The predicted octanol–water partition coefficient (Wildman–Crippen LogP) is 0.849. The van der Waals surface area contributed by atoms with Gasteiger partial charge in [0.25, 0.3) is 0 Å². The van der Waals surface area contributed by atoms with Gasteiger partial charge >= 0.3 is 5.97 Å². The minimum atomic E-state index is -1.04. The van der Waals surface area contributed by atoms with E-state index in [9.17, 15) is 4.79 Å². The summed E-state index contributed by atoms with van der Waals surface area (Å²) in [6, 6.07) is 1.43. The Morgan fingerprint density at radius 3 is 2.92 bits per heavy atom. The number of aromatic nitrogens is 3. The molecule has 1 N–H and O–H groups in total. The first-order valence-corrected chi connectivity index (χ1v) is 3.30. The van der Waals surface area contributed by atoms with E-state index in [2.05, 4.69) is 9.97 Å². The molecule has 0 saturated heterocycles. The first-order chi connectivity index (χ1) is 5.77. The maximum atomic E-state index is 10.5. The highest BCUT2D eigenvalue weighted by molar-refractivity contribution is 5.85. The van der Waals surface area contributed by atoms with Crippen molar-refractivity contribution in [1.82, 2.24) is 14.4 Å². The average molecular weight is 200 g/mol. The van der Waals surface area contributed by atoms with Gasteiger partial charge < -0.3 is 5.11 Å². The van der Waals surface area contributed by atoms with Crippen molar-refractivity contribution >= 4 is 24.2 Å². The molecule has 2 aromatic rings. The van der Waals surface area contributed by atoms with Crippen LogP contribution in [-0.2, 0) is 0 Å². The number of hydrogen-bond donors (Lipinski definition) is 1. The predicted molar refractivity (Wildman–Crippen MR) is 47.2 cm³/mol. The van der Waals surface area contributed by atoms with Gasteiger partial charge in [0.05, 0.1) is 0 Å². The van der Waals surface area contributed by atoms with Gasteiger partial charge in [-0.2, -0.15) is 0 Å². The van der Waals surface area contributed by atoms with Crippen LogP contribution in [0.3, 0.4) is 0 Å². The molecule has 0 fully saturated rings. The Balaban J connectivity index is 0.000000845. The van der Waals surface area contributed by atoms with Crippen molar-refractivity contribution in [1.29, 1.82) is 0 Å². The Morgan fingerprint density at radius 2 is 2.23 bits per heavy atom. The molecular weight excluding hydrogens is 194 g/mol. The molecule has 0 bridgehead atoms. The van der Waals surface area contributed by atoms with E-state index in [0.29, 0.717) is 5.78 Å². The van der Waals surface area contributed by atoms with E-state index in [1.165, 1.54) is 6.07 Å². The number of aromatic carboxylic acids is 1. The number of nitrogens with zero attached hydrogens (tertiary/aromatic N) is 3. The second-order valence-corrected chi connectivity index (χ2v) is 2.25. The van der Waals surface area contributed by atoms with Gasteiger partial charge in [0.15, 0.2) is 5.69 Å². The van der Waals surface area contributed by atoms with Gasteiger partial charge in [0.2, 0.25) is 5.78 Å². The van der Waals surface area contributed by atoms with E-state index in [-0.39, 0.29) is 18.1 Å². The molecule has 0 aromatic carbocycles. The van der Waals surface area contributed by atoms with Gasteiger partial charge in [0, 0.05) is 18.6 Å². The van der Waals surface area contributed by atoms with E-state index < -0.39 is 5.97 Å². The largest absolute Gasteiger partial charge is 0.477 e. The number of carboxylic acid groups (broad SMARTS) is 1. The molecule has 0 saturated carbocycles. The zero-order valence-electron chi connectivity index (χ0n) is 6.41. The van der Waals surface area contributed by atoms with E-state index in [1.807, 2.05) is 0 Å². The number of hydrogen-bond acceptors (Lipinski definition) is 3. The van der Waals surface area contributed by atoms with Crippen LogP contribution in [0.5, 0.6) is 0 Å². The van der Waals surface area contributed by atoms with Crippen molar-refractivity contribution < 1.29 is 9.90 Å². The van der Waals surface area contributed by atoms with Crippen LogP contribution in [0.15, 0.2) is 24.7 Å².